The predicted octanol–water partition coefficient (Wildman–Crippen LogP) is 2.61. The van der Waals surface area contributed by atoms with Gasteiger partial charge in [-0.05, 0) is 32.2 Å². The van der Waals surface area contributed by atoms with Crippen LogP contribution in [0.4, 0.5) is 16.0 Å². The molecule has 2 N–H and O–H groups in total. The molecule has 0 atom stereocenters. The lowest BCUT2D eigenvalue weighted by Crippen LogP contribution is -2.31. The molecule has 0 aliphatic carbocycles. The summed E-state index contributed by atoms with van der Waals surface area (Å²) in [5, 5.41) is 6.23. The summed E-state index contributed by atoms with van der Waals surface area (Å²) in [6, 6.07) is 2.74. The van der Waals surface area contributed by atoms with Gasteiger partial charge in [0.15, 0.2) is 5.16 Å². The number of carbonyl (C=O) groups excluding carboxylic acids is 1. The number of rotatable bonds is 5. The highest BCUT2D eigenvalue weighted by Crippen LogP contribution is 2.20. The SMILES string of the molecule is CSc1ncc(C(=O)NC(C)C)c(Nc2ccc(F)cn2)n1. The first-order valence-electron chi connectivity index (χ1n) is 6.60. The van der Waals surface area contributed by atoms with Crippen molar-refractivity contribution < 1.29 is 9.18 Å². The van der Waals surface area contributed by atoms with Gasteiger partial charge in [-0.25, -0.2) is 19.3 Å². The first-order chi connectivity index (χ1) is 10.5. The van der Waals surface area contributed by atoms with E-state index in [0.717, 1.165) is 6.20 Å². The zero-order chi connectivity index (χ0) is 16.1. The Kier molecular flexibility index (Phi) is 5.26. The summed E-state index contributed by atoms with van der Waals surface area (Å²) >= 11 is 1.36. The highest BCUT2D eigenvalue weighted by Gasteiger charge is 2.16. The Morgan fingerprint density at radius 1 is 1.27 bits per heavy atom. The van der Waals surface area contributed by atoms with E-state index in [-0.39, 0.29) is 11.9 Å². The van der Waals surface area contributed by atoms with Gasteiger partial charge in [-0.1, -0.05) is 11.8 Å². The van der Waals surface area contributed by atoms with E-state index in [1.54, 1.807) is 0 Å². The molecule has 0 saturated carbocycles. The standard InChI is InChI=1S/C14H16FN5OS/c1-8(2)18-13(21)10-7-17-14(22-3)20-12(10)19-11-5-4-9(15)6-16-11/h4-8H,1-3H3,(H,18,21)(H,16,17,19,20). The van der Waals surface area contributed by atoms with Crippen molar-refractivity contribution in [1.82, 2.24) is 20.3 Å². The molecule has 0 aromatic carbocycles. The van der Waals surface area contributed by atoms with Gasteiger partial charge in [0, 0.05) is 12.2 Å². The van der Waals surface area contributed by atoms with Crippen LogP contribution in [-0.4, -0.2) is 33.2 Å². The Hall–Kier alpha value is -2.22. The molecule has 6 nitrogen and oxygen atoms in total. The molecule has 0 aliphatic rings. The molecule has 22 heavy (non-hydrogen) atoms. The van der Waals surface area contributed by atoms with E-state index in [1.165, 1.54) is 30.1 Å². The number of nitrogens with zero attached hydrogens (tertiary/aromatic N) is 3. The van der Waals surface area contributed by atoms with Crippen LogP contribution in [0, 0.1) is 5.82 Å². The van der Waals surface area contributed by atoms with Gasteiger partial charge >= 0.3 is 0 Å². The molecule has 0 aliphatic heterocycles. The number of amides is 1. The quantitative estimate of drug-likeness (QED) is 0.651. The van der Waals surface area contributed by atoms with Gasteiger partial charge in [-0.3, -0.25) is 4.79 Å². The first kappa shape index (κ1) is 16.2. The number of halogens is 1. The average Bonchev–Trinajstić information content (AvgIpc) is 2.48. The molecule has 0 bridgehead atoms. The lowest BCUT2D eigenvalue weighted by Gasteiger charge is -2.13. The summed E-state index contributed by atoms with van der Waals surface area (Å²) in [6.45, 7) is 3.73. The number of pyridine rings is 1. The van der Waals surface area contributed by atoms with Gasteiger partial charge < -0.3 is 10.6 Å². The van der Waals surface area contributed by atoms with Gasteiger partial charge in [-0.2, -0.15) is 0 Å². The van der Waals surface area contributed by atoms with E-state index in [9.17, 15) is 9.18 Å². The Labute approximate surface area is 132 Å². The van der Waals surface area contributed by atoms with Crippen LogP contribution in [0.3, 0.4) is 0 Å². The van der Waals surface area contributed by atoms with Crippen molar-refractivity contribution in [3.8, 4) is 0 Å². The lowest BCUT2D eigenvalue weighted by atomic mass is 10.2. The maximum atomic E-state index is 12.9. The minimum atomic E-state index is -0.434. The number of thioether (sulfide) groups is 1. The van der Waals surface area contributed by atoms with Crippen molar-refractivity contribution in [2.45, 2.75) is 25.0 Å². The molecule has 2 aromatic heterocycles. The molecule has 8 heteroatoms. The molecular formula is C14H16FN5OS. The fourth-order valence-electron chi connectivity index (χ4n) is 1.64. The van der Waals surface area contributed by atoms with E-state index in [2.05, 4.69) is 25.6 Å². The molecular weight excluding hydrogens is 305 g/mol. The summed E-state index contributed by atoms with van der Waals surface area (Å²) in [6.07, 6.45) is 4.39. The Morgan fingerprint density at radius 3 is 2.64 bits per heavy atom. The second-order valence-electron chi connectivity index (χ2n) is 4.73. The summed E-state index contributed by atoms with van der Waals surface area (Å²) in [5.41, 5.74) is 0.303. The molecule has 0 unspecified atom stereocenters. The first-order valence-corrected chi connectivity index (χ1v) is 7.82. The molecule has 0 radical (unpaired) electrons. The fourth-order valence-corrected chi connectivity index (χ4v) is 1.98. The number of anilines is 2. The third-order valence-corrected chi connectivity index (χ3v) is 3.15. The molecule has 2 heterocycles. The van der Waals surface area contributed by atoms with Crippen molar-refractivity contribution in [2.24, 2.45) is 0 Å². The minimum absolute atomic E-state index is 0.00970. The molecule has 2 aromatic rings. The van der Waals surface area contributed by atoms with Gasteiger partial charge in [0.25, 0.3) is 5.91 Å². The monoisotopic (exact) mass is 321 g/mol. The third kappa shape index (κ3) is 4.14. The summed E-state index contributed by atoms with van der Waals surface area (Å²) in [5.74, 6) is 0.00503. The third-order valence-electron chi connectivity index (χ3n) is 2.59. The molecule has 0 fully saturated rings. The fraction of sp³-hybridized carbons (Fsp3) is 0.286. The predicted molar refractivity (Wildman–Crippen MR) is 83.9 cm³/mol. The van der Waals surface area contributed by atoms with E-state index < -0.39 is 5.82 Å². The maximum Gasteiger partial charge on any atom is 0.256 e. The van der Waals surface area contributed by atoms with Gasteiger partial charge in [0.2, 0.25) is 0 Å². The van der Waals surface area contributed by atoms with Gasteiger partial charge in [0.05, 0.1) is 6.20 Å². The van der Waals surface area contributed by atoms with Crippen LogP contribution < -0.4 is 10.6 Å². The van der Waals surface area contributed by atoms with Crippen molar-refractivity contribution in [3.63, 3.8) is 0 Å². The highest BCUT2D eigenvalue weighted by atomic mass is 32.2. The number of aromatic nitrogens is 3. The summed E-state index contributed by atoms with van der Waals surface area (Å²) in [7, 11) is 0. The van der Waals surface area contributed by atoms with Crippen molar-refractivity contribution in [3.05, 3.63) is 35.9 Å². The Morgan fingerprint density at radius 2 is 2.05 bits per heavy atom. The normalized spacial score (nSPS) is 10.6. The van der Waals surface area contributed by atoms with E-state index in [4.69, 9.17) is 0 Å². The van der Waals surface area contributed by atoms with Crippen LogP contribution in [-0.2, 0) is 0 Å². The number of nitrogens with one attached hydrogen (secondary N) is 2. The zero-order valence-corrected chi connectivity index (χ0v) is 13.2. The van der Waals surface area contributed by atoms with Crippen LogP contribution in [0.5, 0.6) is 0 Å². The summed E-state index contributed by atoms with van der Waals surface area (Å²) in [4.78, 5) is 24.5. The van der Waals surface area contributed by atoms with Crippen LogP contribution in [0.2, 0.25) is 0 Å². The number of carbonyl (C=O) groups is 1. The molecule has 2 rings (SSSR count). The smallest absolute Gasteiger partial charge is 0.256 e. The number of hydrogen-bond donors (Lipinski definition) is 2. The number of hydrogen-bond acceptors (Lipinski definition) is 6. The Bertz CT molecular complexity index is 663. The van der Waals surface area contributed by atoms with Gasteiger partial charge in [0.1, 0.15) is 23.0 Å². The molecule has 0 spiro atoms. The molecule has 0 saturated heterocycles. The van der Waals surface area contributed by atoms with Crippen molar-refractivity contribution >= 4 is 29.3 Å². The summed E-state index contributed by atoms with van der Waals surface area (Å²) < 4.78 is 12.9. The highest BCUT2D eigenvalue weighted by molar-refractivity contribution is 7.98. The lowest BCUT2D eigenvalue weighted by molar-refractivity contribution is 0.0943. The maximum absolute atomic E-state index is 12.9. The zero-order valence-electron chi connectivity index (χ0n) is 12.4. The average molecular weight is 321 g/mol. The largest absolute Gasteiger partial charge is 0.350 e. The van der Waals surface area contributed by atoms with Crippen LogP contribution in [0.25, 0.3) is 0 Å². The second kappa shape index (κ2) is 7.17. The van der Waals surface area contributed by atoms with E-state index >= 15 is 0 Å². The van der Waals surface area contributed by atoms with Crippen LogP contribution in [0.1, 0.15) is 24.2 Å². The Balaban J connectivity index is 2.33. The van der Waals surface area contributed by atoms with Crippen molar-refractivity contribution in [2.75, 3.05) is 11.6 Å². The van der Waals surface area contributed by atoms with Gasteiger partial charge in [-0.15, -0.1) is 0 Å². The van der Waals surface area contributed by atoms with Crippen LogP contribution in [0.15, 0.2) is 29.7 Å². The molecule has 1 amide bonds. The van der Waals surface area contributed by atoms with E-state index in [1.807, 2.05) is 20.1 Å². The minimum Gasteiger partial charge on any atom is -0.350 e. The second-order valence-corrected chi connectivity index (χ2v) is 5.51. The topological polar surface area (TPSA) is 79.8 Å². The van der Waals surface area contributed by atoms with Crippen molar-refractivity contribution in [1.29, 1.82) is 0 Å². The van der Waals surface area contributed by atoms with Crippen LogP contribution >= 0.6 is 11.8 Å². The van der Waals surface area contributed by atoms with E-state index in [0.29, 0.717) is 22.4 Å². The molecule has 116 valence electrons.